The molecule has 2 aromatic rings. The number of nitrogens with one attached hydrogen (secondary N) is 1. The highest BCUT2D eigenvalue weighted by molar-refractivity contribution is 6.30. The lowest BCUT2D eigenvalue weighted by Crippen LogP contribution is -2.16. The van der Waals surface area contributed by atoms with E-state index >= 15 is 0 Å². The van der Waals surface area contributed by atoms with Crippen LogP contribution in [0.1, 0.15) is 30.1 Å². The summed E-state index contributed by atoms with van der Waals surface area (Å²) >= 11 is 6.04. The summed E-state index contributed by atoms with van der Waals surface area (Å²) in [5.41, 5.74) is 2.00. The fourth-order valence-electron chi connectivity index (χ4n) is 2.27. The summed E-state index contributed by atoms with van der Waals surface area (Å²) in [6.07, 6.45) is 1.06. The minimum atomic E-state index is -0.820. The fourth-order valence-corrected chi connectivity index (χ4v) is 2.45. The van der Waals surface area contributed by atoms with E-state index in [1.807, 2.05) is 30.3 Å². The van der Waals surface area contributed by atoms with E-state index in [-0.39, 0.29) is 11.8 Å². The second kappa shape index (κ2) is 5.88. The maximum atomic E-state index is 11.9. The van der Waals surface area contributed by atoms with Crippen LogP contribution >= 0.6 is 11.6 Å². The Hall–Kier alpha value is -1.84. The molecule has 0 saturated heterocycles. The number of hydrogen-bond acceptors (Lipinski definition) is 2. The first-order chi connectivity index (χ1) is 10.1. The van der Waals surface area contributed by atoms with Crippen LogP contribution in [0, 0.1) is 5.92 Å². The first kappa shape index (κ1) is 14.1. The summed E-state index contributed by atoms with van der Waals surface area (Å²) in [7, 11) is 0. The van der Waals surface area contributed by atoms with Crippen molar-refractivity contribution in [3.05, 3.63) is 64.7 Å². The summed E-state index contributed by atoms with van der Waals surface area (Å²) in [4.78, 5) is 11.9. The van der Waals surface area contributed by atoms with E-state index in [2.05, 4.69) is 5.32 Å². The van der Waals surface area contributed by atoms with Crippen LogP contribution < -0.4 is 5.32 Å². The van der Waals surface area contributed by atoms with Gasteiger partial charge >= 0.3 is 0 Å². The number of hydrogen-bond donors (Lipinski definition) is 2. The maximum absolute atomic E-state index is 11.9. The molecule has 1 aliphatic carbocycles. The topological polar surface area (TPSA) is 49.3 Å². The molecule has 0 spiro atoms. The minimum absolute atomic E-state index is 0.0128. The van der Waals surface area contributed by atoms with Gasteiger partial charge in [-0.2, -0.15) is 0 Å². The van der Waals surface area contributed by atoms with Gasteiger partial charge in [0.1, 0.15) is 6.10 Å². The molecule has 1 amide bonds. The third-order valence-corrected chi connectivity index (χ3v) is 3.86. The van der Waals surface area contributed by atoms with Gasteiger partial charge in [0, 0.05) is 22.2 Å². The number of amides is 1. The number of anilines is 1. The first-order valence-electron chi connectivity index (χ1n) is 6.98. The molecule has 0 bridgehead atoms. The van der Waals surface area contributed by atoms with Gasteiger partial charge in [-0.3, -0.25) is 4.79 Å². The lowest BCUT2D eigenvalue weighted by Gasteiger charge is -2.17. The molecule has 1 fully saturated rings. The normalized spacial score (nSPS) is 15.5. The molecule has 1 saturated carbocycles. The van der Waals surface area contributed by atoms with Crippen LogP contribution in [-0.4, -0.2) is 11.0 Å². The Kier molecular flexibility index (Phi) is 3.95. The van der Waals surface area contributed by atoms with Crippen molar-refractivity contribution in [2.45, 2.75) is 18.9 Å². The summed E-state index contributed by atoms with van der Waals surface area (Å²) in [6, 6.07) is 14.5. The molecular weight excluding hydrogens is 286 g/mol. The molecule has 0 radical (unpaired) electrons. The van der Waals surface area contributed by atoms with Crippen molar-refractivity contribution in [3.8, 4) is 0 Å². The molecule has 0 heterocycles. The molecule has 3 rings (SSSR count). The van der Waals surface area contributed by atoms with Crippen LogP contribution in [0.2, 0.25) is 5.02 Å². The zero-order valence-corrected chi connectivity index (χ0v) is 12.2. The number of carbonyl (C=O) groups excluding carboxylic acids is 1. The van der Waals surface area contributed by atoms with E-state index in [9.17, 15) is 9.90 Å². The molecule has 4 heteroatoms. The maximum Gasteiger partial charge on any atom is 0.227 e. The number of rotatable bonds is 4. The smallest absolute Gasteiger partial charge is 0.227 e. The van der Waals surface area contributed by atoms with E-state index in [0.29, 0.717) is 16.3 Å². The predicted molar refractivity (Wildman–Crippen MR) is 83.3 cm³/mol. The van der Waals surface area contributed by atoms with Crippen molar-refractivity contribution in [3.63, 3.8) is 0 Å². The molecular formula is C17H16ClNO2. The van der Waals surface area contributed by atoms with Gasteiger partial charge in [-0.25, -0.2) is 0 Å². The number of aliphatic hydroxyl groups excluding tert-OH is 1. The summed E-state index contributed by atoms with van der Waals surface area (Å²) in [6.45, 7) is 0. The van der Waals surface area contributed by atoms with Crippen LogP contribution in [0.25, 0.3) is 0 Å². The van der Waals surface area contributed by atoms with E-state index in [1.54, 1.807) is 18.2 Å². The summed E-state index contributed by atoms with van der Waals surface area (Å²) in [5, 5.41) is 14.0. The van der Waals surface area contributed by atoms with Gasteiger partial charge < -0.3 is 10.4 Å². The van der Waals surface area contributed by atoms with E-state index in [4.69, 9.17) is 11.6 Å². The Morgan fingerprint density at radius 3 is 2.57 bits per heavy atom. The lowest BCUT2D eigenvalue weighted by molar-refractivity contribution is -0.117. The number of aliphatic hydroxyl groups is 1. The van der Waals surface area contributed by atoms with Crippen LogP contribution in [0.3, 0.4) is 0 Å². The van der Waals surface area contributed by atoms with Gasteiger partial charge in [-0.15, -0.1) is 0 Å². The van der Waals surface area contributed by atoms with Crippen LogP contribution in [0.5, 0.6) is 0 Å². The van der Waals surface area contributed by atoms with Crippen molar-refractivity contribution >= 4 is 23.2 Å². The molecule has 1 aliphatic rings. The number of carbonyl (C=O) groups is 1. The monoisotopic (exact) mass is 301 g/mol. The van der Waals surface area contributed by atoms with E-state index < -0.39 is 6.10 Å². The van der Waals surface area contributed by atoms with Gasteiger partial charge in [0.05, 0.1) is 0 Å². The highest BCUT2D eigenvalue weighted by Gasteiger charge is 2.30. The van der Waals surface area contributed by atoms with Crippen LogP contribution in [0.15, 0.2) is 48.5 Å². The van der Waals surface area contributed by atoms with E-state index in [0.717, 1.165) is 18.4 Å². The van der Waals surface area contributed by atoms with Crippen molar-refractivity contribution in [2.75, 3.05) is 5.32 Å². The molecule has 1 atom stereocenters. The molecule has 1 unspecified atom stereocenters. The van der Waals surface area contributed by atoms with Gasteiger partial charge in [-0.05, 0) is 36.6 Å². The van der Waals surface area contributed by atoms with Crippen molar-refractivity contribution in [1.29, 1.82) is 0 Å². The Morgan fingerprint density at radius 1 is 1.19 bits per heavy atom. The lowest BCUT2D eigenvalue weighted by atomic mass is 10.00. The minimum Gasteiger partial charge on any atom is -0.384 e. The molecule has 0 aromatic heterocycles. The van der Waals surface area contributed by atoms with E-state index in [1.165, 1.54) is 0 Å². The Labute approximate surface area is 128 Å². The largest absolute Gasteiger partial charge is 0.384 e. The van der Waals surface area contributed by atoms with Crippen molar-refractivity contribution < 1.29 is 9.90 Å². The fraction of sp³-hybridized carbons (Fsp3) is 0.235. The first-order valence-corrected chi connectivity index (χ1v) is 7.36. The zero-order valence-electron chi connectivity index (χ0n) is 11.4. The van der Waals surface area contributed by atoms with Crippen LogP contribution in [-0.2, 0) is 4.79 Å². The highest BCUT2D eigenvalue weighted by atomic mass is 35.5. The second-order valence-electron chi connectivity index (χ2n) is 5.31. The highest BCUT2D eigenvalue weighted by Crippen LogP contribution is 2.34. The van der Waals surface area contributed by atoms with Crippen LogP contribution in [0.4, 0.5) is 5.69 Å². The third-order valence-electron chi connectivity index (χ3n) is 3.63. The zero-order chi connectivity index (χ0) is 14.8. The Morgan fingerprint density at radius 2 is 1.90 bits per heavy atom. The summed E-state index contributed by atoms with van der Waals surface area (Å²) in [5.74, 6) is 0.126. The molecule has 2 aromatic carbocycles. The number of benzene rings is 2. The number of halogens is 1. The third kappa shape index (κ3) is 3.26. The van der Waals surface area contributed by atoms with Gasteiger partial charge in [0.25, 0.3) is 0 Å². The molecule has 21 heavy (non-hydrogen) atoms. The van der Waals surface area contributed by atoms with Gasteiger partial charge in [0.2, 0.25) is 5.91 Å². The Balaban J connectivity index is 1.92. The molecule has 0 aliphatic heterocycles. The van der Waals surface area contributed by atoms with Gasteiger partial charge in [-0.1, -0.05) is 41.9 Å². The quantitative estimate of drug-likeness (QED) is 0.903. The molecule has 3 nitrogen and oxygen atoms in total. The van der Waals surface area contributed by atoms with Crippen molar-refractivity contribution in [1.82, 2.24) is 0 Å². The van der Waals surface area contributed by atoms with Crippen molar-refractivity contribution in [2.24, 2.45) is 5.92 Å². The predicted octanol–water partition coefficient (Wildman–Crippen LogP) is 3.77. The second-order valence-corrected chi connectivity index (χ2v) is 5.74. The average Bonchev–Trinajstić information content (AvgIpc) is 3.34. The standard InChI is InChI=1S/C17H16ClNO2/c18-13-8-9-15(19-17(21)12-6-7-12)14(10-13)16(20)11-4-2-1-3-5-11/h1-5,8-10,12,16,20H,6-7H2,(H,19,21). The SMILES string of the molecule is O=C(Nc1ccc(Cl)cc1C(O)c1ccccc1)C1CC1. The molecule has 108 valence electrons. The Bertz CT molecular complexity index is 653. The van der Waals surface area contributed by atoms with Gasteiger partial charge in [0.15, 0.2) is 0 Å². The summed E-state index contributed by atoms with van der Waals surface area (Å²) < 4.78 is 0. The molecule has 2 N–H and O–H groups in total. The average molecular weight is 302 g/mol.